The minimum absolute atomic E-state index is 0.00872. The number of hydrogen-bond acceptors (Lipinski definition) is 4. The van der Waals surface area contributed by atoms with E-state index in [0.717, 1.165) is 16.3 Å². The fourth-order valence-electron chi connectivity index (χ4n) is 2.93. The Hall–Kier alpha value is -3.67. The lowest BCUT2D eigenvalue weighted by Crippen LogP contribution is -2.18. The molecule has 0 aliphatic heterocycles. The number of benzene rings is 3. The molecule has 3 rings (SSSR count). The number of nitrogens with one attached hydrogen (secondary N) is 2. The maximum absolute atomic E-state index is 12.4. The maximum atomic E-state index is 12.4. The van der Waals surface area contributed by atoms with Crippen molar-refractivity contribution in [2.45, 2.75) is 26.9 Å². The van der Waals surface area contributed by atoms with Crippen molar-refractivity contribution in [3.05, 3.63) is 71.8 Å². The standard InChI is InChI=1S/C23H23N3O3/c1-15(2)29-22-12-11-17-7-4-5-10-20(17)21(22)14-24-26-23(28)18-8-6-9-19(13-18)25-16(3)27/h4-15H,1-3H3,(H,25,27)(H,26,28)/b24-14-. The van der Waals surface area contributed by atoms with Crippen LogP contribution in [0.2, 0.25) is 0 Å². The van der Waals surface area contributed by atoms with Gasteiger partial charge in [0.05, 0.1) is 12.3 Å². The van der Waals surface area contributed by atoms with Crippen molar-refractivity contribution >= 4 is 34.5 Å². The molecule has 0 unspecified atom stereocenters. The third kappa shape index (κ3) is 5.19. The SMILES string of the molecule is CC(=O)Nc1cccc(C(=O)N/N=C\c2c(OC(C)C)ccc3ccccc23)c1. The summed E-state index contributed by atoms with van der Waals surface area (Å²) in [5, 5.41) is 8.83. The van der Waals surface area contributed by atoms with Crippen LogP contribution in [-0.4, -0.2) is 24.1 Å². The molecule has 0 radical (unpaired) electrons. The van der Waals surface area contributed by atoms with E-state index in [2.05, 4.69) is 15.8 Å². The van der Waals surface area contributed by atoms with Crippen LogP contribution in [0.1, 0.15) is 36.7 Å². The van der Waals surface area contributed by atoms with Gasteiger partial charge in [0.1, 0.15) is 5.75 Å². The zero-order valence-corrected chi connectivity index (χ0v) is 16.6. The van der Waals surface area contributed by atoms with E-state index in [1.807, 2.05) is 50.2 Å². The molecular formula is C23H23N3O3. The Balaban J connectivity index is 1.83. The van der Waals surface area contributed by atoms with Gasteiger partial charge < -0.3 is 10.1 Å². The molecule has 0 aliphatic rings. The van der Waals surface area contributed by atoms with Crippen LogP contribution in [0, 0.1) is 0 Å². The lowest BCUT2D eigenvalue weighted by Gasteiger charge is -2.14. The van der Waals surface area contributed by atoms with Crippen LogP contribution in [-0.2, 0) is 4.79 Å². The Morgan fingerprint density at radius 3 is 2.59 bits per heavy atom. The van der Waals surface area contributed by atoms with Crippen molar-refractivity contribution in [3.63, 3.8) is 0 Å². The summed E-state index contributed by atoms with van der Waals surface area (Å²) < 4.78 is 5.90. The van der Waals surface area contributed by atoms with E-state index in [-0.39, 0.29) is 17.9 Å². The Morgan fingerprint density at radius 2 is 1.83 bits per heavy atom. The number of fused-ring (bicyclic) bond motifs is 1. The molecule has 0 heterocycles. The first-order chi connectivity index (χ1) is 13.9. The van der Waals surface area contributed by atoms with E-state index in [1.54, 1.807) is 30.5 Å². The van der Waals surface area contributed by atoms with Gasteiger partial charge in [-0.1, -0.05) is 36.4 Å². The first kappa shape index (κ1) is 20.1. The number of carbonyl (C=O) groups excluding carboxylic acids is 2. The lowest BCUT2D eigenvalue weighted by molar-refractivity contribution is -0.114. The summed E-state index contributed by atoms with van der Waals surface area (Å²) in [6, 6.07) is 18.5. The maximum Gasteiger partial charge on any atom is 0.271 e. The molecule has 0 saturated carbocycles. The van der Waals surface area contributed by atoms with Gasteiger partial charge in [0.2, 0.25) is 5.91 Å². The van der Waals surface area contributed by atoms with Gasteiger partial charge in [-0.05, 0) is 48.9 Å². The smallest absolute Gasteiger partial charge is 0.271 e. The molecule has 0 bridgehead atoms. The number of amides is 2. The van der Waals surface area contributed by atoms with Crippen LogP contribution in [0.25, 0.3) is 10.8 Å². The largest absolute Gasteiger partial charge is 0.490 e. The monoisotopic (exact) mass is 389 g/mol. The number of anilines is 1. The van der Waals surface area contributed by atoms with Crippen LogP contribution in [0.15, 0.2) is 65.8 Å². The zero-order valence-electron chi connectivity index (χ0n) is 16.6. The number of rotatable bonds is 6. The molecule has 0 atom stereocenters. The van der Waals surface area contributed by atoms with E-state index < -0.39 is 0 Å². The highest BCUT2D eigenvalue weighted by atomic mass is 16.5. The molecule has 6 nitrogen and oxygen atoms in total. The van der Waals surface area contributed by atoms with Gasteiger partial charge in [-0.2, -0.15) is 5.10 Å². The number of ether oxygens (including phenoxy) is 1. The first-order valence-corrected chi connectivity index (χ1v) is 9.33. The predicted octanol–water partition coefficient (Wildman–Crippen LogP) is 4.35. The molecule has 2 amide bonds. The van der Waals surface area contributed by atoms with E-state index in [9.17, 15) is 9.59 Å². The van der Waals surface area contributed by atoms with E-state index in [4.69, 9.17) is 4.74 Å². The second-order valence-corrected chi connectivity index (χ2v) is 6.83. The number of carbonyl (C=O) groups is 2. The quantitative estimate of drug-likeness (QED) is 0.486. The molecular weight excluding hydrogens is 366 g/mol. The highest BCUT2D eigenvalue weighted by molar-refractivity contribution is 6.03. The van der Waals surface area contributed by atoms with Crippen LogP contribution in [0.4, 0.5) is 5.69 Å². The third-order valence-electron chi connectivity index (χ3n) is 4.10. The van der Waals surface area contributed by atoms with Crippen molar-refractivity contribution in [1.82, 2.24) is 5.43 Å². The molecule has 0 aliphatic carbocycles. The van der Waals surface area contributed by atoms with E-state index in [0.29, 0.717) is 17.0 Å². The van der Waals surface area contributed by atoms with Crippen LogP contribution in [0.5, 0.6) is 5.75 Å². The lowest BCUT2D eigenvalue weighted by atomic mass is 10.0. The highest BCUT2D eigenvalue weighted by Crippen LogP contribution is 2.27. The molecule has 6 heteroatoms. The van der Waals surface area contributed by atoms with Crippen molar-refractivity contribution < 1.29 is 14.3 Å². The van der Waals surface area contributed by atoms with Crippen molar-refractivity contribution in [2.24, 2.45) is 5.10 Å². The average Bonchev–Trinajstić information content (AvgIpc) is 2.68. The zero-order chi connectivity index (χ0) is 20.8. The van der Waals surface area contributed by atoms with Crippen molar-refractivity contribution in [1.29, 1.82) is 0 Å². The fourth-order valence-corrected chi connectivity index (χ4v) is 2.93. The summed E-state index contributed by atoms with van der Waals surface area (Å²) in [7, 11) is 0. The molecule has 148 valence electrons. The molecule has 3 aromatic rings. The Kier molecular flexibility index (Phi) is 6.24. The van der Waals surface area contributed by atoms with Crippen molar-refractivity contribution in [3.8, 4) is 5.75 Å². The Morgan fingerprint density at radius 1 is 1.03 bits per heavy atom. The molecule has 0 spiro atoms. The van der Waals surface area contributed by atoms with Crippen LogP contribution < -0.4 is 15.5 Å². The minimum Gasteiger partial charge on any atom is -0.490 e. The summed E-state index contributed by atoms with van der Waals surface area (Å²) in [4.78, 5) is 23.6. The second kappa shape index (κ2) is 9.01. The Bertz CT molecular complexity index is 1070. The summed E-state index contributed by atoms with van der Waals surface area (Å²) in [6.07, 6.45) is 1.60. The third-order valence-corrected chi connectivity index (χ3v) is 4.10. The number of hydrazone groups is 1. The van der Waals surface area contributed by atoms with Gasteiger partial charge >= 0.3 is 0 Å². The van der Waals surface area contributed by atoms with Crippen LogP contribution >= 0.6 is 0 Å². The summed E-state index contributed by atoms with van der Waals surface area (Å²) in [5.41, 5.74) is 4.28. The van der Waals surface area contributed by atoms with Gasteiger partial charge in [-0.15, -0.1) is 0 Å². The van der Waals surface area contributed by atoms with E-state index in [1.165, 1.54) is 6.92 Å². The topological polar surface area (TPSA) is 79.8 Å². The van der Waals surface area contributed by atoms with Gasteiger partial charge in [-0.3, -0.25) is 9.59 Å². The van der Waals surface area contributed by atoms with Gasteiger partial charge in [0, 0.05) is 23.7 Å². The predicted molar refractivity (Wildman–Crippen MR) is 116 cm³/mol. The first-order valence-electron chi connectivity index (χ1n) is 9.33. The molecule has 0 fully saturated rings. The normalized spacial score (nSPS) is 11.0. The van der Waals surface area contributed by atoms with Crippen molar-refractivity contribution in [2.75, 3.05) is 5.32 Å². The molecule has 3 aromatic carbocycles. The average molecular weight is 389 g/mol. The van der Waals surface area contributed by atoms with Gasteiger partial charge in [0.25, 0.3) is 5.91 Å². The summed E-state index contributed by atoms with van der Waals surface area (Å²) in [5.74, 6) is 0.124. The molecule has 2 N–H and O–H groups in total. The van der Waals surface area contributed by atoms with E-state index >= 15 is 0 Å². The number of hydrogen-bond donors (Lipinski definition) is 2. The summed E-state index contributed by atoms with van der Waals surface area (Å²) in [6.45, 7) is 5.33. The number of nitrogens with zero attached hydrogens (tertiary/aromatic N) is 1. The minimum atomic E-state index is -0.375. The van der Waals surface area contributed by atoms with Gasteiger partial charge in [0.15, 0.2) is 0 Å². The van der Waals surface area contributed by atoms with Gasteiger partial charge in [-0.25, -0.2) is 5.43 Å². The molecule has 0 saturated heterocycles. The molecule has 0 aromatic heterocycles. The Labute approximate surface area is 169 Å². The fraction of sp³-hybridized carbons (Fsp3) is 0.174. The summed E-state index contributed by atoms with van der Waals surface area (Å²) >= 11 is 0. The molecule has 29 heavy (non-hydrogen) atoms. The second-order valence-electron chi connectivity index (χ2n) is 6.83. The van der Waals surface area contributed by atoms with Crippen LogP contribution in [0.3, 0.4) is 0 Å². The highest BCUT2D eigenvalue weighted by Gasteiger charge is 2.10.